The highest BCUT2D eigenvalue weighted by molar-refractivity contribution is 6.57. The van der Waals surface area contributed by atoms with E-state index >= 15 is 0 Å². The molecule has 13 heavy (non-hydrogen) atoms. The van der Waals surface area contributed by atoms with Crippen molar-refractivity contribution in [2.75, 3.05) is 13.7 Å². The summed E-state index contributed by atoms with van der Waals surface area (Å²) in [7, 11) is 1.13. The average molecular weight is 230 g/mol. The summed E-state index contributed by atoms with van der Waals surface area (Å²) < 4.78 is 15.9. The molecule has 0 aromatic heterocycles. The van der Waals surface area contributed by atoms with Crippen LogP contribution in [0.2, 0.25) is 0 Å². The van der Waals surface area contributed by atoms with Gasteiger partial charge in [-0.2, -0.15) is 4.39 Å². The van der Waals surface area contributed by atoms with Gasteiger partial charge in [-0.05, 0) is 0 Å². The van der Waals surface area contributed by atoms with Crippen molar-refractivity contribution in [1.82, 2.24) is 5.32 Å². The first-order chi connectivity index (χ1) is 5.99. The SMILES string of the molecule is COC(=O)CNC(=O)C(F)=C(Cl)Cl. The van der Waals surface area contributed by atoms with Crippen molar-refractivity contribution in [3.8, 4) is 0 Å². The van der Waals surface area contributed by atoms with E-state index in [4.69, 9.17) is 23.2 Å². The Kier molecular flexibility index (Phi) is 5.41. The Hall–Kier alpha value is -0.810. The molecule has 74 valence electrons. The number of ether oxygens (including phenoxy) is 1. The summed E-state index contributed by atoms with van der Waals surface area (Å²) >= 11 is 9.93. The van der Waals surface area contributed by atoms with Crippen LogP contribution in [0.5, 0.6) is 0 Å². The van der Waals surface area contributed by atoms with Crippen LogP contribution in [0.4, 0.5) is 4.39 Å². The number of hydrogen-bond acceptors (Lipinski definition) is 3. The van der Waals surface area contributed by atoms with Gasteiger partial charge in [-0.25, -0.2) is 0 Å². The third kappa shape index (κ3) is 4.69. The molecule has 0 aromatic rings. The van der Waals surface area contributed by atoms with Gasteiger partial charge in [0.25, 0.3) is 5.91 Å². The number of hydrogen-bond donors (Lipinski definition) is 1. The number of methoxy groups -OCH3 is 1. The van der Waals surface area contributed by atoms with E-state index in [0.717, 1.165) is 7.11 Å². The number of rotatable bonds is 3. The van der Waals surface area contributed by atoms with E-state index in [2.05, 4.69) is 4.74 Å². The summed E-state index contributed by atoms with van der Waals surface area (Å²) in [6.07, 6.45) is 0. The Balaban J connectivity index is 4.04. The monoisotopic (exact) mass is 229 g/mol. The maximum atomic E-state index is 12.5. The van der Waals surface area contributed by atoms with Crippen LogP contribution in [-0.2, 0) is 14.3 Å². The quantitative estimate of drug-likeness (QED) is 0.578. The van der Waals surface area contributed by atoms with Crippen molar-refractivity contribution in [2.24, 2.45) is 0 Å². The minimum atomic E-state index is -1.34. The van der Waals surface area contributed by atoms with E-state index in [1.807, 2.05) is 5.32 Å². The van der Waals surface area contributed by atoms with Gasteiger partial charge in [-0.15, -0.1) is 0 Å². The van der Waals surface area contributed by atoms with Gasteiger partial charge in [0.15, 0.2) is 0 Å². The Morgan fingerprint density at radius 3 is 2.38 bits per heavy atom. The largest absolute Gasteiger partial charge is 0.468 e. The summed E-state index contributed by atoms with van der Waals surface area (Å²) in [4.78, 5) is 21.2. The van der Waals surface area contributed by atoms with Crippen molar-refractivity contribution in [3.63, 3.8) is 0 Å². The summed E-state index contributed by atoms with van der Waals surface area (Å²) in [5.74, 6) is -3.20. The van der Waals surface area contributed by atoms with Crippen LogP contribution in [0.3, 0.4) is 0 Å². The topological polar surface area (TPSA) is 55.4 Å². The summed E-state index contributed by atoms with van der Waals surface area (Å²) in [6.45, 7) is -0.441. The second-order valence-corrected chi connectivity index (χ2v) is 2.78. The zero-order chi connectivity index (χ0) is 10.4. The lowest BCUT2D eigenvalue weighted by atomic mass is 10.5. The third-order valence-electron chi connectivity index (χ3n) is 0.986. The molecule has 0 unspecified atom stereocenters. The van der Waals surface area contributed by atoms with E-state index < -0.39 is 28.7 Å². The number of carbonyl (C=O) groups excluding carboxylic acids is 2. The van der Waals surface area contributed by atoms with Gasteiger partial charge in [0.05, 0.1) is 7.11 Å². The van der Waals surface area contributed by atoms with Gasteiger partial charge < -0.3 is 10.1 Å². The second-order valence-electron chi connectivity index (χ2n) is 1.83. The number of carbonyl (C=O) groups is 2. The fourth-order valence-corrected chi connectivity index (χ4v) is 0.560. The van der Waals surface area contributed by atoms with Crippen LogP contribution in [0.1, 0.15) is 0 Å². The molecule has 1 amide bonds. The van der Waals surface area contributed by atoms with Crippen LogP contribution < -0.4 is 5.32 Å². The van der Waals surface area contributed by atoms with Crippen molar-refractivity contribution < 1.29 is 18.7 Å². The molecule has 7 heteroatoms. The highest BCUT2D eigenvalue weighted by atomic mass is 35.5. The van der Waals surface area contributed by atoms with Crippen molar-refractivity contribution in [1.29, 1.82) is 0 Å². The van der Waals surface area contributed by atoms with E-state index in [9.17, 15) is 14.0 Å². The zero-order valence-electron chi connectivity index (χ0n) is 6.57. The predicted molar refractivity (Wildman–Crippen MR) is 44.9 cm³/mol. The first kappa shape index (κ1) is 12.2. The van der Waals surface area contributed by atoms with Gasteiger partial charge in [0, 0.05) is 0 Å². The normalized spacial score (nSPS) is 8.92. The predicted octanol–water partition coefficient (Wildman–Crippen LogP) is 0.892. The molecule has 0 fully saturated rings. The highest BCUT2D eigenvalue weighted by Crippen LogP contribution is 2.14. The molecule has 0 aliphatic carbocycles. The lowest BCUT2D eigenvalue weighted by Crippen LogP contribution is -2.30. The van der Waals surface area contributed by atoms with E-state index in [-0.39, 0.29) is 0 Å². The molecule has 4 nitrogen and oxygen atoms in total. The molecular weight excluding hydrogens is 224 g/mol. The smallest absolute Gasteiger partial charge is 0.325 e. The van der Waals surface area contributed by atoms with Gasteiger partial charge in [0.1, 0.15) is 11.0 Å². The molecule has 1 N–H and O–H groups in total. The number of nitrogens with one attached hydrogen (secondary N) is 1. The molecule has 0 spiro atoms. The summed E-state index contributed by atoms with van der Waals surface area (Å²) in [5.41, 5.74) is 0. The molecule has 0 heterocycles. The Labute approximate surface area is 83.6 Å². The minimum Gasteiger partial charge on any atom is -0.468 e. The lowest BCUT2D eigenvalue weighted by molar-refractivity contribution is -0.140. The molecule has 0 aliphatic rings. The molecule has 0 aromatic carbocycles. The van der Waals surface area contributed by atoms with E-state index in [1.165, 1.54) is 0 Å². The highest BCUT2D eigenvalue weighted by Gasteiger charge is 2.13. The molecule has 0 bridgehead atoms. The van der Waals surface area contributed by atoms with Crippen LogP contribution >= 0.6 is 23.2 Å². The molecule has 0 radical (unpaired) electrons. The van der Waals surface area contributed by atoms with Crippen LogP contribution in [0.15, 0.2) is 10.3 Å². The fourth-order valence-electron chi connectivity index (χ4n) is 0.388. The van der Waals surface area contributed by atoms with Gasteiger partial charge >= 0.3 is 5.97 Å². The molecule has 0 atom stereocenters. The van der Waals surface area contributed by atoms with E-state index in [1.54, 1.807) is 0 Å². The number of halogens is 3. The number of esters is 1. The third-order valence-corrected chi connectivity index (χ3v) is 1.32. The Bertz CT molecular complexity index is 250. The molecule has 0 saturated heterocycles. The fraction of sp³-hybridized carbons (Fsp3) is 0.333. The van der Waals surface area contributed by atoms with Crippen molar-refractivity contribution >= 4 is 35.1 Å². The van der Waals surface area contributed by atoms with Crippen LogP contribution in [0.25, 0.3) is 0 Å². The first-order valence-corrected chi connectivity index (χ1v) is 3.80. The standard InChI is InChI=1S/C6H6Cl2FNO3/c1-13-3(11)2-10-6(12)4(9)5(7)8/h2H2,1H3,(H,10,12). The number of amides is 1. The zero-order valence-corrected chi connectivity index (χ0v) is 8.08. The van der Waals surface area contributed by atoms with Gasteiger partial charge in [-0.3, -0.25) is 9.59 Å². The summed E-state index contributed by atoms with van der Waals surface area (Å²) in [5, 5.41) is 1.90. The van der Waals surface area contributed by atoms with E-state index in [0.29, 0.717) is 0 Å². The van der Waals surface area contributed by atoms with Crippen molar-refractivity contribution in [2.45, 2.75) is 0 Å². The molecular formula is C6H6Cl2FNO3. The Morgan fingerprint density at radius 1 is 1.46 bits per heavy atom. The minimum absolute atomic E-state index is 0.441. The molecule has 0 aliphatic heterocycles. The van der Waals surface area contributed by atoms with Gasteiger partial charge in [-0.1, -0.05) is 23.2 Å². The first-order valence-electron chi connectivity index (χ1n) is 3.04. The molecule has 0 rings (SSSR count). The van der Waals surface area contributed by atoms with Crippen LogP contribution in [-0.4, -0.2) is 25.5 Å². The summed E-state index contributed by atoms with van der Waals surface area (Å²) in [6, 6.07) is 0. The van der Waals surface area contributed by atoms with Crippen molar-refractivity contribution in [3.05, 3.63) is 10.3 Å². The molecule has 0 saturated carbocycles. The Morgan fingerprint density at radius 2 is 2.00 bits per heavy atom. The lowest BCUT2D eigenvalue weighted by Gasteiger charge is -2.01. The average Bonchev–Trinajstić information content (AvgIpc) is 2.11. The maximum absolute atomic E-state index is 12.5. The van der Waals surface area contributed by atoms with Gasteiger partial charge in [0.2, 0.25) is 5.83 Å². The second kappa shape index (κ2) is 5.77. The maximum Gasteiger partial charge on any atom is 0.325 e. The van der Waals surface area contributed by atoms with Crippen LogP contribution in [0, 0.1) is 0 Å².